The quantitative estimate of drug-likeness (QED) is 0.772. The van der Waals surface area contributed by atoms with Gasteiger partial charge in [-0.25, -0.2) is 8.42 Å². The Morgan fingerprint density at radius 1 is 1.15 bits per heavy atom. The Hall–Kier alpha value is -0.620. The number of hydrogen-bond acceptors (Lipinski definition) is 4. The van der Waals surface area contributed by atoms with E-state index >= 15 is 0 Å². The molecular formula is C14H26N2O3S. The molecule has 0 unspecified atom stereocenters. The van der Waals surface area contributed by atoms with E-state index in [0.29, 0.717) is 6.54 Å². The molecule has 0 aromatic heterocycles. The van der Waals surface area contributed by atoms with E-state index in [2.05, 4.69) is 11.9 Å². The van der Waals surface area contributed by atoms with Crippen LogP contribution in [-0.2, 0) is 14.6 Å². The SMILES string of the molecule is CCS(=O)(=O)CC(=O)N1CCC[C@@]2(CCCN(C)C2)C1. The summed E-state index contributed by atoms with van der Waals surface area (Å²) in [5.74, 6) is -0.491. The molecule has 0 saturated carbocycles. The molecule has 2 saturated heterocycles. The molecular weight excluding hydrogens is 276 g/mol. The lowest BCUT2D eigenvalue weighted by Crippen LogP contribution is -2.53. The largest absolute Gasteiger partial charge is 0.341 e. The molecule has 5 nitrogen and oxygen atoms in total. The Kier molecular flexibility index (Phi) is 4.74. The molecule has 0 aliphatic carbocycles. The molecule has 2 aliphatic heterocycles. The number of carbonyl (C=O) groups is 1. The van der Waals surface area contributed by atoms with Crippen LogP contribution in [0.2, 0.25) is 0 Å². The number of nitrogens with zero attached hydrogens (tertiary/aromatic N) is 2. The van der Waals surface area contributed by atoms with Crippen LogP contribution in [0.1, 0.15) is 32.6 Å². The number of piperidine rings is 2. The lowest BCUT2D eigenvalue weighted by Gasteiger charge is -2.47. The minimum atomic E-state index is -3.22. The summed E-state index contributed by atoms with van der Waals surface area (Å²) in [4.78, 5) is 16.3. The summed E-state index contributed by atoms with van der Waals surface area (Å²) in [7, 11) is -1.09. The highest BCUT2D eigenvalue weighted by molar-refractivity contribution is 7.92. The first kappa shape index (κ1) is 15.8. The van der Waals surface area contributed by atoms with Gasteiger partial charge in [-0.15, -0.1) is 0 Å². The van der Waals surface area contributed by atoms with Crippen molar-refractivity contribution < 1.29 is 13.2 Å². The monoisotopic (exact) mass is 302 g/mol. The first-order valence-electron chi connectivity index (χ1n) is 7.53. The van der Waals surface area contributed by atoms with Crippen molar-refractivity contribution in [1.82, 2.24) is 9.80 Å². The second-order valence-electron chi connectivity index (χ2n) is 6.44. The molecule has 1 spiro atoms. The molecule has 0 aromatic rings. The molecule has 2 fully saturated rings. The van der Waals surface area contributed by atoms with Crippen molar-refractivity contribution in [2.45, 2.75) is 32.6 Å². The minimum absolute atomic E-state index is 0.0421. The van der Waals surface area contributed by atoms with Crippen molar-refractivity contribution in [3.8, 4) is 0 Å². The summed E-state index contributed by atoms with van der Waals surface area (Å²) in [5.41, 5.74) is 0.191. The maximum Gasteiger partial charge on any atom is 0.237 e. The number of rotatable bonds is 3. The molecule has 0 aromatic carbocycles. The van der Waals surface area contributed by atoms with Gasteiger partial charge in [0, 0.05) is 30.8 Å². The van der Waals surface area contributed by atoms with Crippen LogP contribution >= 0.6 is 0 Å². The van der Waals surface area contributed by atoms with Gasteiger partial charge in [-0.2, -0.15) is 0 Å². The summed E-state index contributed by atoms with van der Waals surface area (Å²) in [6.45, 7) is 5.19. The molecule has 1 amide bonds. The number of likely N-dealkylation sites (tertiary alicyclic amines) is 2. The van der Waals surface area contributed by atoms with Crippen LogP contribution in [0.4, 0.5) is 0 Å². The standard InChI is InChI=1S/C14H26N2O3S/c1-3-20(18,19)10-13(17)16-9-5-7-14(12-16)6-4-8-15(2)11-14/h3-12H2,1-2H3/t14-/m1/s1. The molecule has 0 radical (unpaired) electrons. The third-order valence-corrected chi connectivity index (χ3v) is 6.22. The van der Waals surface area contributed by atoms with Gasteiger partial charge in [0.15, 0.2) is 9.84 Å². The topological polar surface area (TPSA) is 57.7 Å². The van der Waals surface area contributed by atoms with Gasteiger partial charge in [0.1, 0.15) is 5.75 Å². The van der Waals surface area contributed by atoms with E-state index in [1.165, 1.54) is 6.42 Å². The van der Waals surface area contributed by atoms with Crippen molar-refractivity contribution in [1.29, 1.82) is 0 Å². The number of sulfone groups is 1. The van der Waals surface area contributed by atoms with Crippen molar-refractivity contribution >= 4 is 15.7 Å². The van der Waals surface area contributed by atoms with Crippen molar-refractivity contribution in [3.05, 3.63) is 0 Å². The third kappa shape index (κ3) is 3.73. The Bertz CT molecular complexity index is 459. The highest BCUT2D eigenvalue weighted by atomic mass is 32.2. The molecule has 2 aliphatic rings. The molecule has 2 rings (SSSR count). The van der Waals surface area contributed by atoms with E-state index in [1.54, 1.807) is 11.8 Å². The van der Waals surface area contributed by atoms with E-state index < -0.39 is 9.84 Å². The summed E-state index contributed by atoms with van der Waals surface area (Å²) in [5, 5.41) is 0. The predicted octanol–water partition coefficient (Wildman–Crippen LogP) is 0.756. The number of hydrogen-bond donors (Lipinski definition) is 0. The fourth-order valence-electron chi connectivity index (χ4n) is 3.59. The lowest BCUT2D eigenvalue weighted by molar-refractivity contribution is -0.133. The van der Waals surface area contributed by atoms with Gasteiger partial charge in [-0.1, -0.05) is 6.92 Å². The van der Waals surface area contributed by atoms with Gasteiger partial charge in [-0.3, -0.25) is 4.79 Å². The van der Waals surface area contributed by atoms with Gasteiger partial charge in [0.05, 0.1) is 0 Å². The number of amides is 1. The zero-order valence-electron chi connectivity index (χ0n) is 12.6. The van der Waals surface area contributed by atoms with Crippen LogP contribution in [0, 0.1) is 5.41 Å². The number of carbonyl (C=O) groups excluding carboxylic acids is 1. The van der Waals surface area contributed by atoms with Crippen LogP contribution in [-0.4, -0.2) is 68.9 Å². The van der Waals surface area contributed by atoms with Crippen LogP contribution in [0.3, 0.4) is 0 Å². The normalized spacial score (nSPS) is 28.8. The summed E-state index contributed by atoms with van der Waals surface area (Å²) in [6.07, 6.45) is 4.47. The third-order valence-electron chi connectivity index (χ3n) is 4.65. The fraction of sp³-hybridized carbons (Fsp3) is 0.929. The Labute approximate surface area is 122 Å². The van der Waals surface area contributed by atoms with Gasteiger partial charge in [-0.05, 0) is 39.3 Å². The van der Waals surface area contributed by atoms with Crippen molar-refractivity contribution in [3.63, 3.8) is 0 Å². The van der Waals surface area contributed by atoms with Crippen LogP contribution < -0.4 is 0 Å². The molecule has 6 heteroatoms. The Morgan fingerprint density at radius 2 is 1.80 bits per heavy atom. The molecule has 20 heavy (non-hydrogen) atoms. The maximum absolute atomic E-state index is 12.2. The highest BCUT2D eigenvalue weighted by Crippen LogP contribution is 2.38. The average molecular weight is 302 g/mol. The Balaban J connectivity index is 2.01. The van der Waals surface area contributed by atoms with Gasteiger partial charge >= 0.3 is 0 Å². The average Bonchev–Trinajstić information content (AvgIpc) is 2.38. The van der Waals surface area contributed by atoms with Gasteiger partial charge in [0.25, 0.3) is 0 Å². The predicted molar refractivity (Wildman–Crippen MR) is 79.3 cm³/mol. The zero-order valence-corrected chi connectivity index (χ0v) is 13.4. The fourth-order valence-corrected chi connectivity index (χ4v) is 4.35. The van der Waals surface area contributed by atoms with Crippen molar-refractivity contribution in [2.24, 2.45) is 5.41 Å². The molecule has 0 N–H and O–H groups in total. The zero-order chi connectivity index (χ0) is 14.8. The molecule has 2 heterocycles. The second-order valence-corrected chi connectivity index (χ2v) is 8.79. The molecule has 116 valence electrons. The summed E-state index contributed by atoms with van der Waals surface area (Å²) in [6, 6.07) is 0. The van der Waals surface area contributed by atoms with Gasteiger partial charge < -0.3 is 9.80 Å². The van der Waals surface area contributed by atoms with E-state index in [4.69, 9.17) is 0 Å². The van der Waals surface area contributed by atoms with E-state index in [-0.39, 0.29) is 22.8 Å². The van der Waals surface area contributed by atoms with Crippen molar-refractivity contribution in [2.75, 3.05) is 44.7 Å². The summed E-state index contributed by atoms with van der Waals surface area (Å²) >= 11 is 0. The van der Waals surface area contributed by atoms with E-state index in [9.17, 15) is 13.2 Å². The van der Waals surface area contributed by atoms with Crippen LogP contribution in [0.25, 0.3) is 0 Å². The van der Waals surface area contributed by atoms with E-state index in [1.807, 2.05) is 0 Å². The lowest BCUT2D eigenvalue weighted by atomic mass is 9.74. The highest BCUT2D eigenvalue weighted by Gasteiger charge is 2.39. The van der Waals surface area contributed by atoms with E-state index in [0.717, 1.165) is 38.9 Å². The summed E-state index contributed by atoms with van der Waals surface area (Å²) < 4.78 is 23.2. The Morgan fingerprint density at radius 3 is 2.40 bits per heavy atom. The van der Waals surface area contributed by atoms with Crippen LogP contribution in [0.5, 0.6) is 0 Å². The maximum atomic E-state index is 12.2. The molecule has 0 bridgehead atoms. The second kappa shape index (κ2) is 6.02. The van der Waals surface area contributed by atoms with Crippen LogP contribution in [0.15, 0.2) is 0 Å². The smallest absolute Gasteiger partial charge is 0.237 e. The van der Waals surface area contributed by atoms with Gasteiger partial charge in [0.2, 0.25) is 5.91 Å². The molecule has 1 atom stereocenters. The first-order valence-corrected chi connectivity index (χ1v) is 9.35. The minimum Gasteiger partial charge on any atom is -0.341 e. The first-order chi connectivity index (χ1) is 9.36.